The molecule has 1 aromatic heterocycles. The minimum Gasteiger partial charge on any atom is -0.493 e. The van der Waals surface area contributed by atoms with Crippen molar-refractivity contribution in [2.45, 2.75) is 59.3 Å². The zero-order valence-corrected chi connectivity index (χ0v) is 20.1. The first-order chi connectivity index (χ1) is 15.1. The maximum absolute atomic E-state index is 12.3. The number of hydrogen-bond acceptors (Lipinski definition) is 6. The lowest BCUT2D eigenvalue weighted by atomic mass is 10.1. The van der Waals surface area contributed by atoms with E-state index in [9.17, 15) is 9.90 Å². The Kier molecular flexibility index (Phi) is 7.64. The Morgan fingerprint density at radius 3 is 2.47 bits per heavy atom. The van der Waals surface area contributed by atoms with Crippen LogP contribution in [0, 0.1) is 6.92 Å². The maximum Gasteiger partial charge on any atom is 0.341 e. The fraction of sp³-hybridized carbons (Fsp3) is 0.435. The zero-order chi connectivity index (χ0) is 23.5. The number of aromatic nitrogens is 3. The summed E-state index contributed by atoms with van der Waals surface area (Å²) in [5.74, 6) is -0.0777. The predicted octanol–water partition coefficient (Wildman–Crippen LogP) is 5.35. The van der Waals surface area contributed by atoms with E-state index in [0.29, 0.717) is 18.9 Å². The summed E-state index contributed by atoms with van der Waals surface area (Å²) in [6, 6.07) is 6.97. The summed E-state index contributed by atoms with van der Waals surface area (Å²) in [5, 5.41) is 18.2. The van der Waals surface area contributed by atoms with Crippen molar-refractivity contribution < 1.29 is 19.4 Å². The van der Waals surface area contributed by atoms with Crippen molar-refractivity contribution in [3.63, 3.8) is 0 Å². The maximum atomic E-state index is 12.3. The summed E-state index contributed by atoms with van der Waals surface area (Å²) >= 11 is 12.5. The second-order valence-corrected chi connectivity index (χ2v) is 9.32. The van der Waals surface area contributed by atoms with E-state index in [-0.39, 0.29) is 22.2 Å². The molecule has 3 rings (SSSR count). The van der Waals surface area contributed by atoms with Crippen LogP contribution in [0.2, 0.25) is 10.0 Å². The van der Waals surface area contributed by atoms with Gasteiger partial charge in [0.2, 0.25) is 0 Å². The third-order valence-electron chi connectivity index (χ3n) is 4.87. The Morgan fingerprint density at radius 1 is 1.16 bits per heavy atom. The molecule has 0 radical (unpaired) electrons. The van der Waals surface area contributed by atoms with Gasteiger partial charge in [-0.05, 0) is 69.9 Å². The second kappa shape index (κ2) is 10.1. The topological polar surface area (TPSA) is 86.5 Å². The number of esters is 1. The van der Waals surface area contributed by atoms with Crippen LogP contribution in [0.3, 0.4) is 0 Å². The number of carbonyl (C=O) groups excluding carboxylic acids is 1. The van der Waals surface area contributed by atoms with Gasteiger partial charge in [0.05, 0.1) is 34.3 Å². The number of fused-ring (bicyclic) bond motifs is 1. The van der Waals surface area contributed by atoms with Gasteiger partial charge in [-0.25, -0.2) is 9.48 Å². The van der Waals surface area contributed by atoms with Gasteiger partial charge in [-0.3, -0.25) is 0 Å². The highest BCUT2D eigenvalue weighted by Crippen LogP contribution is 2.32. The Labute approximate surface area is 197 Å². The molecule has 0 bridgehead atoms. The Hall–Kier alpha value is -2.35. The molecule has 0 spiro atoms. The number of ether oxygens (including phenoxy) is 2. The zero-order valence-electron chi connectivity index (χ0n) is 18.6. The molecule has 0 atom stereocenters. The van der Waals surface area contributed by atoms with E-state index >= 15 is 0 Å². The average molecular weight is 480 g/mol. The molecule has 172 valence electrons. The normalized spacial score (nSPS) is 11.7. The number of aryl methyl sites for hydroxylation is 2. The Bertz CT molecular complexity index is 1100. The van der Waals surface area contributed by atoms with E-state index in [1.54, 1.807) is 32.9 Å². The van der Waals surface area contributed by atoms with Crippen molar-refractivity contribution in [3.8, 4) is 5.75 Å². The third-order valence-corrected chi connectivity index (χ3v) is 5.47. The number of rotatable bonds is 8. The van der Waals surface area contributed by atoms with Crippen LogP contribution in [-0.4, -0.2) is 38.3 Å². The molecule has 0 aliphatic rings. The summed E-state index contributed by atoms with van der Waals surface area (Å²) in [6.45, 7) is 8.40. The van der Waals surface area contributed by atoms with E-state index in [1.165, 1.54) is 0 Å². The molecule has 0 fully saturated rings. The lowest BCUT2D eigenvalue weighted by molar-refractivity contribution is 0.00699. The average Bonchev–Trinajstić information content (AvgIpc) is 3.10. The number of aliphatic hydroxyl groups is 1. The molecule has 1 N–H and O–H groups in total. The van der Waals surface area contributed by atoms with Gasteiger partial charge in [0.15, 0.2) is 0 Å². The first-order valence-electron chi connectivity index (χ1n) is 10.4. The van der Waals surface area contributed by atoms with Crippen LogP contribution < -0.4 is 4.74 Å². The lowest BCUT2D eigenvalue weighted by Gasteiger charge is -2.20. The van der Waals surface area contributed by atoms with Crippen LogP contribution in [0.1, 0.15) is 55.1 Å². The lowest BCUT2D eigenvalue weighted by Crippen LogP contribution is -2.24. The van der Waals surface area contributed by atoms with E-state index in [1.807, 2.05) is 23.7 Å². The highest BCUT2D eigenvalue weighted by Gasteiger charge is 2.23. The summed E-state index contributed by atoms with van der Waals surface area (Å²) in [7, 11) is 0. The molecule has 0 saturated heterocycles. The van der Waals surface area contributed by atoms with Crippen LogP contribution in [0.5, 0.6) is 5.75 Å². The van der Waals surface area contributed by atoms with Gasteiger partial charge >= 0.3 is 5.97 Å². The molecule has 9 heteroatoms. The minimum absolute atomic E-state index is 0.0151. The van der Waals surface area contributed by atoms with Gasteiger partial charge in [-0.1, -0.05) is 34.5 Å². The molecule has 7 nitrogen and oxygen atoms in total. The number of halogens is 2. The van der Waals surface area contributed by atoms with Crippen LogP contribution >= 0.6 is 23.2 Å². The smallest absolute Gasteiger partial charge is 0.341 e. The Balaban J connectivity index is 1.55. The number of unbranched alkanes of at least 4 members (excludes halogenated alkanes) is 1. The van der Waals surface area contributed by atoms with E-state index in [0.717, 1.165) is 35.0 Å². The summed E-state index contributed by atoms with van der Waals surface area (Å²) in [4.78, 5) is 12.3. The van der Waals surface area contributed by atoms with Crippen LogP contribution in [0.25, 0.3) is 11.0 Å². The Morgan fingerprint density at radius 2 is 1.84 bits per heavy atom. The number of benzene rings is 2. The molecule has 3 aromatic rings. The summed E-state index contributed by atoms with van der Waals surface area (Å²) in [6.07, 6.45) is 1.61. The second-order valence-electron chi connectivity index (χ2n) is 8.51. The van der Waals surface area contributed by atoms with Gasteiger partial charge in [0, 0.05) is 6.54 Å². The fourth-order valence-electron chi connectivity index (χ4n) is 3.26. The highest BCUT2D eigenvalue weighted by molar-refractivity contribution is 6.39. The van der Waals surface area contributed by atoms with E-state index < -0.39 is 11.6 Å². The van der Waals surface area contributed by atoms with Crippen molar-refractivity contribution >= 4 is 40.2 Å². The number of aliphatic hydroxyl groups excluding tert-OH is 1. The van der Waals surface area contributed by atoms with Gasteiger partial charge in [-0.15, -0.1) is 5.10 Å². The highest BCUT2D eigenvalue weighted by atomic mass is 35.5. The van der Waals surface area contributed by atoms with Crippen molar-refractivity contribution in [1.29, 1.82) is 0 Å². The third kappa shape index (κ3) is 5.71. The monoisotopic (exact) mass is 479 g/mol. The molecule has 2 aromatic carbocycles. The van der Waals surface area contributed by atoms with E-state index in [2.05, 4.69) is 10.3 Å². The van der Waals surface area contributed by atoms with Crippen LogP contribution in [-0.2, 0) is 17.9 Å². The summed E-state index contributed by atoms with van der Waals surface area (Å²) < 4.78 is 13.0. The van der Waals surface area contributed by atoms with Crippen molar-refractivity contribution in [2.75, 3.05) is 6.61 Å². The van der Waals surface area contributed by atoms with Crippen molar-refractivity contribution in [2.24, 2.45) is 0 Å². The molecule has 0 aliphatic carbocycles. The molecule has 0 saturated carbocycles. The van der Waals surface area contributed by atoms with Gasteiger partial charge in [0.25, 0.3) is 0 Å². The van der Waals surface area contributed by atoms with Crippen LogP contribution in [0.15, 0.2) is 24.3 Å². The first-order valence-corrected chi connectivity index (χ1v) is 11.1. The molecule has 0 unspecified atom stereocenters. The standard InChI is InChI=1S/C23H27Cl2N3O4/c1-14-15(13-29)7-8-19-21(14)26-27-28(19)9-5-6-10-31-16-11-17(24)20(18(25)12-16)22(30)32-23(2,3)4/h7-8,11-12,29H,5-6,9-10,13H2,1-4H3. The quantitative estimate of drug-likeness (QED) is 0.345. The number of carbonyl (C=O) groups is 1. The molecular formula is C23H27Cl2N3O4. The fourth-order valence-corrected chi connectivity index (χ4v) is 3.88. The molecule has 1 heterocycles. The molecule has 0 amide bonds. The number of nitrogens with zero attached hydrogens (tertiary/aromatic N) is 3. The van der Waals surface area contributed by atoms with Crippen LogP contribution in [0.4, 0.5) is 0 Å². The van der Waals surface area contributed by atoms with Crippen molar-refractivity contribution in [1.82, 2.24) is 15.0 Å². The van der Waals surface area contributed by atoms with Gasteiger partial charge in [-0.2, -0.15) is 0 Å². The molecule has 0 aliphatic heterocycles. The van der Waals surface area contributed by atoms with Gasteiger partial charge < -0.3 is 14.6 Å². The van der Waals surface area contributed by atoms with Crippen molar-refractivity contribution in [3.05, 3.63) is 51.0 Å². The molecule has 32 heavy (non-hydrogen) atoms. The SMILES string of the molecule is Cc1c(CO)ccc2c1nnn2CCCCOc1cc(Cl)c(C(=O)OC(C)(C)C)c(Cl)c1. The van der Waals surface area contributed by atoms with Gasteiger partial charge in [0.1, 0.15) is 16.9 Å². The predicted molar refractivity (Wildman–Crippen MR) is 125 cm³/mol. The number of hydrogen-bond donors (Lipinski definition) is 1. The minimum atomic E-state index is -0.645. The largest absolute Gasteiger partial charge is 0.493 e. The van der Waals surface area contributed by atoms with E-state index in [4.69, 9.17) is 32.7 Å². The molecular weight excluding hydrogens is 453 g/mol. The summed E-state index contributed by atoms with van der Waals surface area (Å²) in [5.41, 5.74) is 3.04. The first kappa shape index (κ1) is 24.3.